The molecule has 2 nitrogen and oxygen atoms in total. The standard InChI is InChI=1S/C6H12INO/c1-5-6(9)3-2-4-8(5)7/h5-6,9H,2-4H2,1H3. The fraction of sp³-hybridized carbons (Fsp3) is 1.00. The Bertz CT molecular complexity index is 89.1. The van der Waals surface area contributed by atoms with E-state index in [9.17, 15) is 5.11 Å². The Labute approximate surface area is 69.7 Å². The molecular weight excluding hydrogens is 229 g/mol. The van der Waals surface area contributed by atoms with E-state index < -0.39 is 0 Å². The van der Waals surface area contributed by atoms with Crippen molar-refractivity contribution < 1.29 is 5.11 Å². The summed E-state index contributed by atoms with van der Waals surface area (Å²) >= 11 is 2.27. The molecule has 1 fully saturated rings. The van der Waals surface area contributed by atoms with Gasteiger partial charge in [-0.05, 0) is 19.8 Å². The van der Waals surface area contributed by atoms with Crippen LogP contribution in [0.15, 0.2) is 0 Å². The lowest BCUT2D eigenvalue weighted by Gasteiger charge is -2.31. The van der Waals surface area contributed by atoms with Crippen LogP contribution in [0.25, 0.3) is 0 Å². The molecule has 3 heteroatoms. The molecule has 0 aromatic heterocycles. The van der Waals surface area contributed by atoms with Crippen molar-refractivity contribution in [3.8, 4) is 0 Å². The summed E-state index contributed by atoms with van der Waals surface area (Å²) in [5.41, 5.74) is 0. The van der Waals surface area contributed by atoms with Crippen molar-refractivity contribution in [2.24, 2.45) is 0 Å². The third kappa shape index (κ3) is 1.78. The van der Waals surface area contributed by atoms with E-state index in [4.69, 9.17) is 0 Å². The smallest absolute Gasteiger partial charge is 0.0701 e. The van der Waals surface area contributed by atoms with Gasteiger partial charge in [0.05, 0.1) is 6.10 Å². The summed E-state index contributed by atoms with van der Waals surface area (Å²) in [5, 5.41) is 9.30. The van der Waals surface area contributed by atoms with E-state index in [1.807, 2.05) is 0 Å². The van der Waals surface area contributed by atoms with Crippen LogP contribution in [0.4, 0.5) is 0 Å². The first-order valence-corrected chi connectivity index (χ1v) is 4.29. The van der Waals surface area contributed by atoms with E-state index in [0.29, 0.717) is 6.04 Å². The van der Waals surface area contributed by atoms with E-state index in [0.717, 1.165) is 19.4 Å². The van der Waals surface area contributed by atoms with Crippen molar-refractivity contribution in [3.63, 3.8) is 0 Å². The van der Waals surface area contributed by atoms with Gasteiger partial charge in [-0.3, -0.25) is 0 Å². The van der Waals surface area contributed by atoms with E-state index in [1.54, 1.807) is 0 Å². The Morgan fingerprint density at radius 1 is 1.67 bits per heavy atom. The number of nitrogens with zero attached hydrogens (tertiary/aromatic N) is 1. The lowest BCUT2D eigenvalue weighted by molar-refractivity contribution is 0.0739. The summed E-state index contributed by atoms with van der Waals surface area (Å²) in [7, 11) is 0. The lowest BCUT2D eigenvalue weighted by Crippen LogP contribution is -2.40. The molecular formula is C6H12INO. The zero-order valence-corrected chi connectivity index (χ0v) is 7.71. The Morgan fingerprint density at radius 2 is 2.33 bits per heavy atom. The van der Waals surface area contributed by atoms with E-state index in [-0.39, 0.29) is 6.10 Å². The average molecular weight is 241 g/mol. The Balaban J connectivity index is 2.41. The fourth-order valence-electron chi connectivity index (χ4n) is 1.08. The van der Waals surface area contributed by atoms with Crippen LogP contribution in [-0.4, -0.2) is 26.9 Å². The number of hydrogen-bond acceptors (Lipinski definition) is 2. The minimum Gasteiger partial charge on any atom is -0.391 e. The number of aliphatic hydroxyl groups is 1. The maximum absolute atomic E-state index is 9.30. The highest BCUT2D eigenvalue weighted by Crippen LogP contribution is 2.19. The normalized spacial score (nSPS) is 39.0. The van der Waals surface area contributed by atoms with E-state index in [2.05, 4.69) is 32.9 Å². The quantitative estimate of drug-likeness (QED) is 0.508. The summed E-state index contributed by atoms with van der Waals surface area (Å²) in [4.78, 5) is 0. The van der Waals surface area contributed by atoms with Crippen molar-refractivity contribution in [1.82, 2.24) is 3.11 Å². The number of hydrogen-bond donors (Lipinski definition) is 1. The number of halogens is 1. The summed E-state index contributed by atoms with van der Waals surface area (Å²) in [6.07, 6.45) is 2.01. The molecule has 1 aliphatic rings. The molecule has 1 saturated heterocycles. The van der Waals surface area contributed by atoms with Gasteiger partial charge in [0.25, 0.3) is 0 Å². The molecule has 1 N–H and O–H groups in total. The first-order chi connectivity index (χ1) is 4.22. The van der Waals surface area contributed by atoms with Gasteiger partial charge in [0.2, 0.25) is 0 Å². The molecule has 0 radical (unpaired) electrons. The second kappa shape index (κ2) is 3.16. The van der Waals surface area contributed by atoms with Gasteiger partial charge < -0.3 is 5.11 Å². The van der Waals surface area contributed by atoms with Crippen molar-refractivity contribution >= 4 is 22.9 Å². The van der Waals surface area contributed by atoms with Crippen LogP contribution < -0.4 is 0 Å². The second-order valence-electron chi connectivity index (χ2n) is 2.57. The number of rotatable bonds is 0. The molecule has 1 heterocycles. The summed E-state index contributed by atoms with van der Waals surface area (Å²) < 4.78 is 2.17. The molecule has 0 amide bonds. The Kier molecular flexibility index (Phi) is 2.73. The molecule has 0 bridgehead atoms. The third-order valence-corrected chi connectivity index (χ3v) is 3.23. The van der Waals surface area contributed by atoms with Gasteiger partial charge in [0.1, 0.15) is 0 Å². The maximum Gasteiger partial charge on any atom is 0.0701 e. The molecule has 0 spiro atoms. The Hall–Kier alpha value is 0.650. The van der Waals surface area contributed by atoms with Gasteiger partial charge in [-0.2, -0.15) is 0 Å². The van der Waals surface area contributed by atoms with E-state index in [1.165, 1.54) is 0 Å². The highest BCUT2D eigenvalue weighted by molar-refractivity contribution is 14.1. The van der Waals surface area contributed by atoms with Crippen LogP contribution in [0.3, 0.4) is 0 Å². The van der Waals surface area contributed by atoms with Crippen molar-refractivity contribution in [1.29, 1.82) is 0 Å². The van der Waals surface area contributed by atoms with Gasteiger partial charge >= 0.3 is 0 Å². The first kappa shape index (κ1) is 7.75. The van der Waals surface area contributed by atoms with E-state index >= 15 is 0 Å². The largest absolute Gasteiger partial charge is 0.391 e. The Morgan fingerprint density at radius 3 is 2.78 bits per heavy atom. The SMILES string of the molecule is CC1C(O)CCCN1I. The van der Waals surface area contributed by atoms with Gasteiger partial charge in [0.15, 0.2) is 0 Å². The zero-order chi connectivity index (χ0) is 6.85. The van der Waals surface area contributed by atoms with Gasteiger partial charge in [-0.25, -0.2) is 3.11 Å². The number of piperidine rings is 1. The summed E-state index contributed by atoms with van der Waals surface area (Å²) in [6.45, 7) is 3.19. The van der Waals surface area contributed by atoms with Crippen LogP contribution in [-0.2, 0) is 0 Å². The summed E-state index contributed by atoms with van der Waals surface area (Å²) in [5.74, 6) is 0. The molecule has 9 heavy (non-hydrogen) atoms. The van der Waals surface area contributed by atoms with Crippen LogP contribution in [0.5, 0.6) is 0 Å². The predicted molar refractivity (Wildman–Crippen MR) is 45.4 cm³/mol. The second-order valence-corrected chi connectivity index (χ2v) is 3.81. The molecule has 2 atom stereocenters. The van der Waals surface area contributed by atoms with Crippen LogP contribution in [0.2, 0.25) is 0 Å². The molecule has 54 valence electrons. The molecule has 0 saturated carbocycles. The van der Waals surface area contributed by atoms with Crippen LogP contribution >= 0.6 is 22.9 Å². The molecule has 1 aliphatic heterocycles. The minimum atomic E-state index is -0.101. The first-order valence-electron chi connectivity index (χ1n) is 3.32. The molecule has 1 rings (SSSR count). The third-order valence-electron chi connectivity index (χ3n) is 1.87. The predicted octanol–water partition coefficient (Wildman–Crippen LogP) is 1.18. The van der Waals surface area contributed by atoms with Gasteiger partial charge in [-0.15, -0.1) is 0 Å². The number of aliphatic hydroxyl groups excluding tert-OH is 1. The van der Waals surface area contributed by atoms with Gasteiger partial charge in [-0.1, -0.05) is 0 Å². The average Bonchev–Trinajstić information content (AvgIpc) is 1.83. The zero-order valence-electron chi connectivity index (χ0n) is 5.55. The monoisotopic (exact) mass is 241 g/mol. The highest BCUT2D eigenvalue weighted by Gasteiger charge is 2.23. The topological polar surface area (TPSA) is 23.5 Å². The summed E-state index contributed by atoms with van der Waals surface area (Å²) in [6, 6.07) is 0.347. The lowest BCUT2D eigenvalue weighted by atomic mass is 10.0. The van der Waals surface area contributed by atoms with Crippen molar-refractivity contribution in [2.75, 3.05) is 6.54 Å². The van der Waals surface area contributed by atoms with Crippen LogP contribution in [0.1, 0.15) is 19.8 Å². The fourth-order valence-corrected chi connectivity index (χ4v) is 1.80. The molecule has 2 unspecified atom stereocenters. The maximum atomic E-state index is 9.30. The minimum absolute atomic E-state index is 0.101. The molecule has 0 aromatic carbocycles. The van der Waals surface area contributed by atoms with Gasteiger partial charge in [0, 0.05) is 35.5 Å². The van der Waals surface area contributed by atoms with Crippen molar-refractivity contribution in [2.45, 2.75) is 31.9 Å². The highest BCUT2D eigenvalue weighted by atomic mass is 127. The molecule has 0 aliphatic carbocycles. The van der Waals surface area contributed by atoms with Crippen molar-refractivity contribution in [3.05, 3.63) is 0 Å². The van der Waals surface area contributed by atoms with Crippen LogP contribution in [0, 0.1) is 0 Å². The molecule has 0 aromatic rings.